The van der Waals surface area contributed by atoms with Crippen LogP contribution in [-0.4, -0.2) is 28.3 Å². The molecule has 3 nitrogen and oxygen atoms in total. The van der Waals surface area contributed by atoms with Crippen LogP contribution in [0.3, 0.4) is 0 Å². The number of nitrogens with one attached hydrogen (secondary N) is 1. The van der Waals surface area contributed by atoms with E-state index in [0.29, 0.717) is 23.3 Å². The van der Waals surface area contributed by atoms with Crippen LogP contribution in [0.15, 0.2) is 18.2 Å². The van der Waals surface area contributed by atoms with Gasteiger partial charge in [0.2, 0.25) is 0 Å². The van der Waals surface area contributed by atoms with Crippen LogP contribution in [0.5, 0.6) is 0 Å². The van der Waals surface area contributed by atoms with E-state index in [1.807, 2.05) is 0 Å². The first-order valence-corrected chi connectivity index (χ1v) is 10.0. The fourth-order valence-electron chi connectivity index (χ4n) is 1.44. The zero-order chi connectivity index (χ0) is 13.4. The molecule has 0 aliphatic carbocycles. The summed E-state index contributed by atoms with van der Waals surface area (Å²) in [5, 5.41) is 4.37. The van der Waals surface area contributed by atoms with Crippen molar-refractivity contribution in [1.82, 2.24) is 0 Å². The Morgan fingerprint density at radius 3 is 2.17 bits per heavy atom. The van der Waals surface area contributed by atoms with Crippen molar-refractivity contribution < 1.29 is 9.05 Å². The Bertz CT molecular complexity index is 476. The third-order valence-electron chi connectivity index (χ3n) is 2.38. The van der Waals surface area contributed by atoms with Gasteiger partial charge in [0.25, 0.3) is 0 Å². The number of halogens is 2. The van der Waals surface area contributed by atoms with Crippen molar-refractivity contribution in [2.75, 3.05) is 18.3 Å². The Kier molecular flexibility index (Phi) is 4.51. The summed E-state index contributed by atoms with van der Waals surface area (Å²) >= 11 is 14.9. The van der Waals surface area contributed by atoms with E-state index in [9.17, 15) is 0 Å². The topological polar surface area (TPSA) is 30.5 Å². The minimum atomic E-state index is -2.20. The number of rotatable bonds is 2. The molecule has 1 heterocycles. The predicted octanol–water partition coefficient (Wildman–Crippen LogP) is 4.32. The molecule has 0 amide bonds. The zero-order valence-corrected chi connectivity index (χ0v) is 14.2. The van der Waals surface area contributed by atoms with E-state index in [0.717, 1.165) is 5.69 Å². The van der Waals surface area contributed by atoms with Crippen molar-refractivity contribution >= 4 is 50.1 Å². The molecule has 1 N–H and O–H groups in total. The molecular weight excluding hydrogens is 359 g/mol. The van der Waals surface area contributed by atoms with E-state index >= 15 is 0 Å². The average Bonchev–Trinajstić information content (AvgIpc) is 2.22. The normalized spacial score (nSPS) is 21.6. The summed E-state index contributed by atoms with van der Waals surface area (Å²) in [5.74, 6) is 0. The van der Waals surface area contributed by atoms with Crippen molar-refractivity contribution in [3.63, 3.8) is 0 Å². The van der Waals surface area contributed by atoms with Gasteiger partial charge in [0.1, 0.15) is 0 Å². The van der Waals surface area contributed by atoms with Gasteiger partial charge in [-0.3, -0.25) is 0 Å². The Labute approximate surface area is 125 Å². The van der Waals surface area contributed by atoms with E-state index in [-0.39, 0.29) is 5.41 Å². The molecule has 2 rings (SSSR count). The molecule has 18 heavy (non-hydrogen) atoms. The SMILES string of the molecule is CC1(C)COP(=[Se])(Nc2cc(Cl)cc(Cl)c2)OC1. The van der Waals surface area contributed by atoms with Gasteiger partial charge in [-0.1, -0.05) is 0 Å². The molecule has 0 saturated carbocycles. The van der Waals surface area contributed by atoms with E-state index in [2.05, 4.69) is 34.0 Å². The summed E-state index contributed by atoms with van der Waals surface area (Å²) in [6.07, 6.45) is -2.20. The van der Waals surface area contributed by atoms with Gasteiger partial charge in [-0.05, 0) is 0 Å². The third kappa shape index (κ3) is 3.98. The average molecular weight is 373 g/mol. The van der Waals surface area contributed by atoms with Crippen LogP contribution in [0.2, 0.25) is 10.0 Å². The maximum atomic E-state index is 5.95. The van der Waals surface area contributed by atoms with Crippen molar-refractivity contribution in [1.29, 1.82) is 0 Å². The van der Waals surface area contributed by atoms with Gasteiger partial charge in [-0.2, -0.15) is 0 Å². The predicted molar refractivity (Wildman–Crippen MR) is 78.4 cm³/mol. The van der Waals surface area contributed by atoms with Gasteiger partial charge >= 0.3 is 125 Å². The molecule has 0 radical (unpaired) electrons. The monoisotopic (exact) mass is 373 g/mol. The van der Waals surface area contributed by atoms with E-state index < -0.39 is 6.11 Å². The second-order valence-electron chi connectivity index (χ2n) is 4.98. The van der Waals surface area contributed by atoms with Gasteiger partial charge in [-0.15, -0.1) is 0 Å². The Morgan fingerprint density at radius 1 is 1.17 bits per heavy atom. The molecule has 0 unspecified atom stereocenters. The summed E-state index contributed by atoms with van der Waals surface area (Å²) in [5.41, 5.74) is 0.834. The Balaban J connectivity index is 2.12. The Hall–Kier alpha value is 0.469. The molecule has 0 bridgehead atoms. The molecule has 1 saturated heterocycles. The van der Waals surface area contributed by atoms with Gasteiger partial charge < -0.3 is 0 Å². The van der Waals surface area contributed by atoms with Crippen LogP contribution in [0.4, 0.5) is 5.69 Å². The standard InChI is InChI=1S/C11H14Cl2NO2PSe/c1-11(2)6-15-17(18,16-7-11)14-10-4-8(12)3-9(13)5-10/h3-5H,6-7H2,1-2H3,(H,14,18). The summed E-state index contributed by atoms with van der Waals surface area (Å²) in [7, 11) is 0. The second kappa shape index (κ2) is 5.46. The molecule has 0 atom stereocenters. The molecule has 7 heteroatoms. The van der Waals surface area contributed by atoms with Crippen molar-refractivity contribution in [3.8, 4) is 0 Å². The molecule has 1 aliphatic heterocycles. The Morgan fingerprint density at radius 2 is 1.67 bits per heavy atom. The molecule has 1 aromatic carbocycles. The van der Waals surface area contributed by atoms with Crippen LogP contribution < -0.4 is 5.09 Å². The number of hydrogen-bond acceptors (Lipinski definition) is 3. The van der Waals surface area contributed by atoms with Gasteiger partial charge in [0.05, 0.1) is 0 Å². The van der Waals surface area contributed by atoms with Crippen LogP contribution in [0, 0.1) is 5.41 Å². The number of anilines is 1. The molecule has 100 valence electrons. The van der Waals surface area contributed by atoms with Gasteiger partial charge in [-0.25, -0.2) is 0 Å². The van der Waals surface area contributed by atoms with Crippen molar-refractivity contribution in [2.24, 2.45) is 5.41 Å². The summed E-state index contributed by atoms with van der Waals surface area (Å²) in [6, 6.07) is 5.27. The zero-order valence-electron chi connectivity index (χ0n) is 10.1. The van der Waals surface area contributed by atoms with Crippen molar-refractivity contribution in [3.05, 3.63) is 28.2 Å². The first-order chi connectivity index (χ1) is 8.28. The fraction of sp³-hybridized carbons (Fsp3) is 0.455. The maximum absolute atomic E-state index is 5.95. The number of benzene rings is 1. The first-order valence-electron chi connectivity index (χ1n) is 5.42. The molecule has 1 aliphatic rings. The molecule has 0 aromatic heterocycles. The summed E-state index contributed by atoms with van der Waals surface area (Å²) < 4.78 is 11.6. The first kappa shape index (κ1) is 14.9. The minimum absolute atomic E-state index is 0.0427. The van der Waals surface area contributed by atoms with Crippen LogP contribution in [0.25, 0.3) is 0 Å². The quantitative estimate of drug-likeness (QED) is 0.619. The summed E-state index contributed by atoms with van der Waals surface area (Å²) in [6.45, 7) is 5.50. The number of hydrogen-bond donors (Lipinski definition) is 1. The molecule has 1 fully saturated rings. The van der Waals surface area contributed by atoms with E-state index in [1.54, 1.807) is 18.2 Å². The van der Waals surface area contributed by atoms with Crippen molar-refractivity contribution in [2.45, 2.75) is 13.8 Å². The van der Waals surface area contributed by atoms with E-state index in [4.69, 9.17) is 32.2 Å². The third-order valence-corrected chi connectivity index (χ3v) is 6.19. The molecular formula is C11H14Cl2NO2PSe. The van der Waals surface area contributed by atoms with E-state index in [1.165, 1.54) is 0 Å². The van der Waals surface area contributed by atoms with Crippen LogP contribution >= 0.6 is 29.3 Å². The van der Waals surface area contributed by atoms with Gasteiger partial charge in [0.15, 0.2) is 0 Å². The van der Waals surface area contributed by atoms with Crippen LogP contribution in [-0.2, 0) is 9.05 Å². The summed E-state index contributed by atoms with van der Waals surface area (Å²) in [4.78, 5) is 0. The van der Waals surface area contributed by atoms with Gasteiger partial charge in [0, 0.05) is 0 Å². The van der Waals surface area contributed by atoms with Crippen LogP contribution in [0.1, 0.15) is 13.8 Å². The molecule has 0 spiro atoms. The molecule has 1 aromatic rings. The fourth-order valence-corrected chi connectivity index (χ4v) is 4.98. The second-order valence-corrected chi connectivity index (χ2v) is 10.6.